The van der Waals surface area contributed by atoms with Crippen LogP contribution in [0.3, 0.4) is 0 Å². The van der Waals surface area contributed by atoms with Crippen molar-refractivity contribution >= 4 is 16.7 Å². The van der Waals surface area contributed by atoms with Crippen molar-refractivity contribution in [3.8, 4) is 17.1 Å². The predicted octanol–water partition coefficient (Wildman–Crippen LogP) is 4.01. The third kappa shape index (κ3) is 3.12. The molecule has 0 fully saturated rings. The normalized spacial score (nSPS) is 10.7. The highest BCUT2D eigenvalue weighted by Crippen LogP contribution is 2.30. The first-order valence-electron chi connectivity index (χ1n) is 7.99. The Labute approximate surface area is 145 Å². The number of pyridine rings is 1. The first kappa shape index (κ1) is 15.1. The Bertz CT molecular complexity index is 1020. The summed E-state index contributed by atoms with van der Waals surface area (Å²) in [6.45, 7) is 0.629. The van der Waals surface area contributed by atoms with Gasteiger partial charge in [-0.25, -0.2) is 9.97 Å². The van der Waals surface area contributed by atoms with E-state index < -0.39 is 0 Å². The van der Waals surface area contributed by atoms with Gasteiger partial charge in [0.25, 0.3) is 0 Å². The summed E-state index contributed by atoms with van der Waals surface area (Å²) in [6.07, 6.45) is 3.53. The van der Waals surface area contributed by atoms with Crippen LogP contribution < -0.4 is 5.32 Å². The Morgan fingerprint density at radius 1 is 0.840 bits per heavy atom. The van der Waals surface area contributed by atoms with Gasteiger partial charge in [-0.15, -0.1) is 0 Å². The van der Waals surface area contributed by atoms with E-state index in [0.717, 1.165) is 22.3 Å². The van der Waals surface area contributed by atoms with Crippen LogP contribution in [-0.4, -0.2) is 20.1 Å². The summed E-state index contributed by atoms with van der Waals surface area (Å²) >= 11 is 0. The fraction of sp³-hybridized carbons (Fsp3) is 0.0500. The van der Waals surface area contributed by atoms with E-state index in [0.29, 0.717) is 17.9 Å². The topological polar surface area (TPSA) is 70.9 Å². The van der Waals surface area contributed by atoms with Gasteiger partial charge in [-0.3, -0.25) is 4.98 Å². The number of phenolic OH excluding ortho intramolecular Hbond substituents is 1. The third-order valence-electron chi connectivity index (χ3n) is 3.96. The lowest BCUT2D eigenvalue weighted by atomic mass is 10.1. The summed E-state index contributed by atoms with van der Waals surface area (Å²) in [5.41, 5.74) is 2.55. The van der Waals surface area contributed by atoms with E-state index in [1.807, 2.05) is 48.5 Å². The minimum Gasteiger partial charge on any atom is -0.507 e. The predicted molar refractivity (Wildman–Crippen MR) is 98.2 cm³/mol. The van der Waals surface area contributed by atoms with Crippen molar-refractivity contribution in [2.75, 3.05) is 5.32 Å². The van der Waals surface area contributed by atoms with Crippen molar-refractivity contribution in [3.63, 3.8) is 0 Å². The molecule has 0 bridgehead atoms. The number of benzene rings is 2. The molecule has 0 unspecified atom stereocenters. The van der Waals surface area contributed by atoms with Crippen LogP contribution in [0.1, 0.15) is 5.56 Å². The number of aromatic nitrogens is 3. The molecule has 4 rings (SSSR count). The van der Waals surface area contributed by atoms with Gasteiger partial charge in [0.2, 0.25) is 0 Å². The van der Waals surface area contributed by atoms with Crippen molar-refractivity contribution in [1.29, 1.82) is 0 Å². The Morgan fingerprint density at radius 2 is 1.60 bits per heavy atom. The minimum absolute atomic E-state index is 0.165. The Morgan fingerprint density at radius 3 is 2.44 bits per heavy atom. The molecule has 2 heterocycles. The molecule has 2 aromatic heterocycles. The molecule has 0 saturated carbocycles. The molecule has 0 atom stereocenters. The van der Waals surface area contributed by atoms with E-state index in [2.05, 4.69) is 20.3 Å². The van der Waals surface area contributed by atoms with Crippen LogP contribution in [0.2, 0.25) is 0 Å². The van der Waals surface area contributed by atoms with Crippen LogP contribution in [0.15, 0.2) is 73.1 Å². The number of aromatic hydroxyl groups is 1. The lowest BCUT2D eigenvalue weighted by Crippen LogP contribution is -2.04. The number of hydrogen-bond donors (Lipinski definition) is 2. The van der Waals surface area contributed by atoms with Gasteiger partial charge in [0.1, 0.15) is 11.6 Å². The van der Waals surface area contributed by atoms with Gasteiger partial charge in [0.15, 0.2) is 5.82 Å². The average molecular weight is 328 g/mol. The second-order valence-corrected chi connectivity index (χ2v) is 5.64. The molecule has 122 valence electrons. The first-order chi connectivity index (χ1) is 12.3. The maximum Gasteiger partial charge on any atom is 0.165 e. The molecule has 0 aliphatic heterocycles. The van der Waals surface area contributed by atoms with Crippen LogP contribution in [0.4, 0.5) is 5.82 Å². The lowest BCUT2D eigenvalue weighted by Gasteiger charge is -2.11. The largest absolute Gasteiger partial charge is 0.507 e. The highest BCUT2D eigenvalue weighted by Gasteiger charge is 2.11. The summed E-state index contributed by atoms with van der Waals surface area (Å²) in [7, 11) is 0. The fourth-order valence-corrected chi connectivity index (χ4v) is 2.68. The van der Waals surface area contributed by atoms with Crippen LogP contribution in [0.25, 0.3) is 22.3 Å². The molecular weight excluding hydrogens is 312 g/mol. The molecule has 0 aliphatic carbocycles. The Balaban J connectivity index is 1.78. The zero-order chi connectivity index (χ0) is 17.1. The number of para-hydroxylation sites is 2. The molecule has 0 spiro atoms. The molecule has 0 aliphatic rings. The zero-order valence-electron chi connectivity index (χ0n) is 13.4. The summed E-state index contributed by atoms with van der Waals surface area (Å²) in [5, 5.41) is 14.4. The number of fused-ring (bicyclic) bond motifs is 1. The van der Waals surface area contributed by atoms with Gasteiger partial charge in [-0.2, -0.15) is 0 Å². The van der Waals surface area contributed by atoms with Gasteiger partial charge in [0.05, 0.1) is 11.1 Å². The van der Waals surface area contributed by atoms with Gasteiger partial charge in [-0.1, -0.05) is 24.3 Å². The smallest absolute Gasteiger partial charge is 0.165 e. The van der Waals surface area contributed by atoms with Crippen molar-refractivity contribution in [2.45, 2.75) is 6.54 Å². The Hall–Kier alpha value is -3.47. The van der Waals surface area contributed by atoms with Gasteiger partial charge >= 0.3 is 0 Å². The van der Waals surface area contributed by atoms with E-state index in [4.69, 9.17) is 0 Å². The second-order valence-electron chi connectivity index (χ2n) is 5.64. The molecule has 2 N–H and O–H groups in total. The molecule has 0 amide bonds. The number of rotatable bonds is 4. The summed E-state index contributed by atoms with van der Waals surface area (Å²) in [5.74, 6) is 1.40. The highest BCUT2D eigenvalue weighted by atomic mass is 16.3. The van der Waals surface area contributed by atoms with Crippen LogP contribution >= 0.6 is 0 Å². The van der Waals surface area contributed by atoms with Gasteiger partial charge < -0.3 is 10.4 Å². The molecular formula is C20H16N4O. The molecule has 2 aromatic carbocycles. The van der Waals surface area contributed by atoms with E-state index in [1.165, 1.54) is 0 Å². The minimum atomic E-state index is 0.165. The lowest BCUT2D eigenvalue weighted by molar-refractivity contribution is 0.477. The van der Waals surface area contributed by atoms with E-state index in [9.17, 15) is 5.11 Å². The monoisotopic (exact) mass is 328 g/mol. The summed E-state index contributed by atoms with van der Waals surface area (Å²) in [6, 6.07) is 18.8. The molecule has 0 saturated heterocycles. The number of nitrogens with zero attached hydrogens (tertiary/aromatic N) is 3. The summed E-state index contributed by atoms with van der Waals surface area (Å²) in [4.78, 5) is 13.3. The first-order valence-corrected chi connectivity index (χ1v) is 7.99. The van der Waals surface area contributed by atoms with Gasteiger partial charge in [-0.05, 0) is 42.0 Å². The number of hydrogen-bond acceptors (Lipinski definition) is 5. The van der Waals surface area contributed by atoms with E-state index in [1.54, 1.807) is 24.5 Å². The molecule has 25 heavy (non-hydrogen) atoms. The fourth-order valence-electron chi connectivity index (χ4n) is 2.68. The molecule has 4 aromatic rings. The SMILES string of the molecule is Oc1ccccc1-c1nc(NCc2ccncc2)c2ccccc2n1. The van der Waals surface area contributed by atoms with E-state index >= 15 is 0 Å². The molecule has 0 radical (unpaired) electrons. The maximum atomic E-state index is 10.1. The Kier molecular flexibility index (Phi) is 3.96. The highest BCUT2D eigenvalue weighted by molar-refractivity contribution is 5.90. The van der Waals surface area contributed by atoms with Crippen molar-refractivity contribution in [3.05, 3.63) is 78.6 Å². The number of nitrogens with one attached hydrogen (secondary N) is 1. The van der Waals surface area contributed by atoms with Crippen molar-refractivity contribution in [2.24, 2.45) is 0 Å². The van der Waals surface area contributed by atoms with Crippen LogP contribution in [0.5, 0.6) is 5.75 Å². The van der Waals surface area contributed by atoms with E-state index in [-0.39, 0.29) is 5.75 Å². The number of anilines is 1. The standard InChI is InChI=1S/C20H16N4O/c25-18-8-4-2-6-16(18)20-23-17-7-3-1-5-15(17)19(24-20)22-13-14-9-11-21-12-10-14/h1-12,25H,13H2,(H,22,23,24). The number of phenols is 1. The maximum absolute atomic E-state index is 10.1. The van der Waals surface area contributed by atoms with Crippen LogP contribution in [0, 0.1) is 0 Å². The molecule has 5 nitrogen and oxygen atoms in total. The molecule has 5 heteroatoms. The van der Waals surface area contributed by atoms with Crippen molar-refractivity contribution in [1.82, 2.24) is 15.0 Å². The van der Waals surface area contributed by atoms with Crippen LogP contribution in [-0.2, 0) is 6.54 Å². The third-order valence-corrected chi connectivity index (χ3v) is 3.96. The average Bonchev–Trinajstić information content (AvgIpc) is 2.67. The van der Waals surface area contributed by atoms with Crippen molar-refractivity contribution < 1.29 is 5.11 Å². The summed E-state index contributed by atoms with van der Waals surface area (Å²) < 4.78 is 0. The quantitative estimate of drug-likeness (QED) is 0.592. The van der Waals surface area contributed by atoms with Gasteiger partial charge in [0, 0.05) is 24.3 Å². The second kappa shape index (κ2) is 6.57. The zero-order valence-corrected chi connectivity index (χ0v) is 13.4.